The van der Waals surface area contributed by atoms with E-state index in [-0.39, 0.29) is 11.8 Å². The summed E-state index contributed by atoms with van der Waals surface area (Å²) in [6.07, 6.45) is 0.235. The Morgan fingerprint density at radius 1 is 1.03 bits per heavy atom. The van der Waals surface area contributed by atoms with Crippen LogP contribution in [-0.4, -0.2) is 65.9 Å². The van der Waals surface area contributed by atoms with E-state index in [0.717, 1.165) is 38.2 Å². The number of hydrogen-bond donors (Lipinski definition) is 0. The summed E-state index contributed by atoms with van der Waals surface area (Å²) < 4.78 is 38.2. The Balaban J connectivity index is 1.81. The van der Waals surface area contributed by atoms with Gasteiger partial charge in [0.1, 0.15) is 5.82 Å². The summed E-state index contributed by atoms with van der Waals surface area (Å²) in [5, 5.41) is 0. The van der Waals surface area contributed by atoms with Gasteiger partial charge < -0.3 is 14.7 Å². The van der Waals surface area contributed by atoms with Crippen LogP contribution in [0.3, 0.4) is 0 Å². The number of pyridine rings is 1. The highest BCUT2D eigenvalue weighted by Crippen LogP contribution is 2.29. The minimum atomic E-state index is -4.40. The molecule has 0 aromatic carbocycles. The van der Waals surface area contributed by atoms with E-state index in [1.807, 2.05) is 23.6 Å². The van der Waals surface area contributed by atoms with Gasteiger partial charge in [0.05, 0.1) is 5.56 Å². The summed E-state index contributed by atoms with van der Waals surface area (Å²) >= 11 is 0. The van der Waals surface area contributed by atoms with Crippen molar-refractivity contribution in [3.8, 4) is 0 Å². The standard InChI is InChI=1S/C22H33F3N4O2/c1-3-11-28(12-4-2)20(30)7-5-8-21(31)29-14-6-13-27(15-16-29)19-10-9-18(17-26-19)22(23,24)25/h9-10,17H,3-8,11-16H2,1-2H3. The third-order valence-corrected chi connectivity index (χ3v) is 5.37. The number of hydrogen-bond acceptors (Lipinski definition) is 4. The number of alkyl halides is 3. The van der Waals surface area contributed by atoms with Gasteiger partial charge in [0.25, 0.3) is 0 Å². The van der Waals surface area contributed by atoms with E-state index >= 15 is 0 Å². The second-order valence-electron chi connectivity index (χ2n) is 7.86. The smallest absolute Gasteiger partial charge is 0.355 e. The first-order chi connectivity index (χ1) is 14.8. The lowest BCUT2D eigenvalue weighted by molar-refractivity contribution is -0.138. The number of amides is 2. The number of nitrogens with zero attached hydrogens (tertiary/aromatic N) is 4. The molecule has 1 aromatic rings. The van der Waals surface area contributed by atoms with Gasteiger partial charge >= 0.3 is 6.18 Å². The molecule has 174 valence electrons. The SMILES string of the molecule is CCCN(CCC)C(=O)CCCC(=O)N1CCCN(c2ccc(C(F)(F)F)cn2)CC1. The predicted molar refractivity (Wildman–Crippen MR) is 114 cm³/mol. The molecule has 0 bridgehead atoms. The molecular weight excluding hydrogens is 409 g/mol. The van der Waals surface area contributed by atoms with Crippen molar-refractivity contribution in [2.75, 3.05) is 44.2 Å². The van der Waals surface area contributed by atoms with Crippen molar-refractivity contribution in [1.82, 2.24) is 14.8 Å². The highest BCUT2D eigenvalue weighted by Gasteiger charge is 2.31. The van der Waals surface area contributed by atoms with Crippen LogP contribution in [0, 0.1) is 0 Å². The zero-order valence-electron chi connectivity index (χ0n) is 18.5. The number of halogens is 3. The van der Waals surface area contributed by atoms with E-state index in [1.54, 1.807) is 4.90 Å². The molecular formula is C22H33F3N4O2. The van der Waals surface area contributed by atoms with Gasteiger partial charge in [0, 0.05) is 58.3 Å². The molecule has 1 aliphatic heterocycles. The Morgan fingerprint density at radius 2 is 1.74 bits per heavy atom. The van der Waals surface area contributed by atoms with Crippen molar-refractivity contribution in [3.63, 3.8) is 0 Å². The Labute approximate surface area is 182 Å². The largest absolute Gasteiger partial charge is 0.417 e. The molecule has 2 rings (SSSR count). The molecule has 2 amide bonds. The summed E-state index contributed by atoms with van der Waals surface area (Å²) in [6, 6.07) is 2.41. The third-order valence-electron chi connectivity index (χ3n) is 5.37. The minimum absolute atomic E-state index is 0.0209. The average molecular weight is 443 g/mol. The van der Waals surface area contributed by atoms with E-state index in [0.29, 0.717) is 57.7 Å². The van der Waals surface area contributed by atoms with Crippen molar-refractivity contribution >= 4 is 17.6 Å². The lowest BCUT2D eigenvalue weighted by Gasteiger charge is -2.23. The second-order valence-corrected chi connectivity index (χ2v) is 7.86. The Morgan fingerprint density at radius 3 is 2.32 bits per heavy atom. The first kappa shape index (κ1) is 24.9. The fourth-order valence-electron chi connectivity index (χ4n) is 3.74. The maximum absolute atomic E-state index is 12.7. The van der Waals surface area contributed by atoms with Crippen molar-refractivity contribution in [2.45, 2.75) is 58.5 Å². The van der Waals surface area contributed by atoms with Crippen LogP contribution >= 0.6 is 0 Å². The fourth-order valence-corrected chi connectivity index (χ4v) is 3.74. The molecule has 0 radical (unpaired) electrons. The Bertz CT molecular complexity index is 704. The molecule has 0 N–H and O–H groups in total. The summed E-state index contributed by atoms with van der Waals surface area (Å²) in [6.45, 7) is 7.83. The Hall–Kier alpha value is -2.32. The van der Waals surface area contributed by atoms with Crippen LogP contribution in [0.25, 0.3) is 0 Å². The predicted octanol–water partition coefficient (Wildman–Crippen LogP) is 3.96. The number of carbonyl (C=O) groups excluding carboxylic acids is 2. The van der Waals surface area contributed by atoms with Gasteiger partial charge in [-0.05, 0) is 37.8 Å². The van der Waals surface area contributed by atoms with Gasteiger partial charge in [-0.25, -0.2) is 4.98 Å². The zero-order valence-corrected chi connectivity index (χ0v) is 18.5. The molecule has 1 aromatic heterocycles. The van der Waals surface area contributed by atoms with E-state index in [4.69, 9.17) is 0 Å². The normalized spacial score (nSPS) is 15.0. The molecule has 0 saturated carbocycles. The van der Waals surface area contributed by atoms with Crippen LogP contribution in [0.5, 0.6) is 0 Å². The molecule has 0 unspecified atom stereocenters. The third kappa shape index (κ3) is 7.70. The van der Waals surface area contributed by atoms with E-state index < -0.39 is 11.7 Å². The number of rotatable bonds is 9. The Kier molecular flexibility index (Phi) is 9.58. The monoisotopic (exact) mass is 442 g/mol. The second kappa shape index (κ2) is 11.9. The van der Waals surface area contributed by atoms with E-state index in [1.165, 1.54) is 6.07 Å². The number of anilines is 1. The van der Waals surface area contributed by atoms with Crippen LogP contribution in [0.4, 0.5) is 19.0 Å². The first-order valence-electron chi connectivity index (χ1n) is 11.1. The molecule has 0 aliphatic carbocycles. The molecule has 1 saturated heterocycles. The van der Waals surface area contributed by atoms with Gasteiger partial charge in [0.15, 0.2) is 0 Å². The van der Waals surface area contributed by atoms with Crippen molar-refractivity contribution < 1.29 is 22.8 Å². The highest BCUT2D eigenvalue weighted by atomic mass is 19.4. The fraction of sp³-hybridized carbons (Fsp3) is 0.682. The van der Waals surface area contributed by atoms with Crippen LogP contribution < -0.4 is 4.90 Å². The molecule has 1 aliphatic rings. The molecule has 0 atom stereocenters. The van der Waals surface area contributed by atoms with E-state index in [2.05, 4.69) is 4.98 Å². The summed E-state index contributed by atoms with van der Waals surface area (Å²) in [5.41, 5.74) is -0.770. The van der Waals surface area contributed by atoms with Gasteiger partial charge in [-0.3, -0.25) is 9.59 Å². The van der Waals surface area contributed by atoms with Gasteiger partial charge in [0.2, 0.25) is 11.8 Å². The van der Waals surface area contributed by atoms with Crippen LogP contribution in [-0.2, 0) is 15.8 Å². The zero-order chi connectivity index (χ0) is 22.9. The maximum Gasteiger partial charge on any atom is 0.417 e. The molecule has 0 spiro atoms. The minimum Gasteiger partial charge on any atom is -0.355 e. The molecule has 9 heteroatoms. The summed E-state index contributed by atoms with van der Waals surface area (Å²) in [7, 11) is 0. The van der Waals surface area contributed by atoms with Crippen LogP contribution in [0.1, 0.15) is 57.9 Å². The average Bonchev–Trinajstić information content (AvgIpc) is 2.99. The maximum atomic E-state index is 12.7. The van der Waals surface area contributed by atoms with Crippen molar-refractivity contribution in [3.05, 3.63) is 23.9 Å². The van der Waals surface area contributed by atoms with Crippen LogP contribution in [0.15, 0.2) is 18.3 Å². The summed E-state index contributed by atoms with van der Waals surface area (Å²) in [5.74, 6) is 0.610. The van der Waals surface area contributed by atoms with Crippen molar-refractivity contribution in [1.29, 1.82) is 0 Å². The molecule has 6 nitrogen and oxygen atoms in total. The molecule has 31 heavy (non-hydrogen) atoms. The lowest BCUT2D eigenvalue weighted by atomic mass is 10.2. The number of carbonyl (C=O) groups is 2. The molecule has 1 fully saturated rings. The van der Waals surface area contributed by atoms with Gasteiger partial charge in [-0.2, -0.15) is 13.2 Å². The highest BCUT2D eigenvalue weighted by molar-refractivity contribution is 5.79. The quantitative estimate of drug-likeness (QED) is 0.581. The van der Waals surface area contributed by atoms with Gasteiger partial charge in [-0.15, -0.1) is 0 Å². The van der Waals surface area contributed by atoms with E-state index in [9.17, 15) is 22.8 Å². The topological polar surface area (TPSA) is 56.8 Å². The van der Waals surface area contributed by atoms with Gasteiger partial charge in [-0.1, -0.05) is 13.8 Å². The first-order valence-corrected chi connectivity index (χ1v) is 11.1. The number of aromatic nitrogens is 1. The lowest BCUT2D eigenvalue weighted by Crippen LogP contribution is -2.36. The van der Waals surface area contributed by atoms with Crippen molar-refractivity contribution in [2.24, 2.45) is 0 Å². The van der Waals surface area contributed by atoms with Crippen LogP contribution in [0.2, 0.25) is 0 Å². The summed E-state index contributed by atoms with van der Waals surface area (Å²) in [4.78, 5) is 34.4. The molecule has 2 heterocycles.